The molecule has 0 fully saturated rings. The first kappa shape index (κ1) is 15.3. The van der Waals surface area contributed by atoms with E-state index in [4.69, 9.17) is 5.73 Å². The van der Waals surface area contributed by atoms with E-state index in [2.05, 4.69) is 10.4 Å². The second-order valence-electron chi connectivity index (χ2n) is 6.19. The van der Waals surface area contributed by atoms with Crippen molar-refractivity contribution >= 4 is 11.6 Å². The van der Waals surface area contributed by atoms with E-state index in [9.17, 15) is 4.79 Å². The third-order valence-corrected chi connectivity index (χ3v) is 3.38. The Labute approximate surface area is 125 Å². The van der Waals surface area contributed by atoms with Crippen LogP contribution in [0.15, 0.2) is 42.7 Å². The van der Waals surface area contributed by atoms with E-state index in [1.807, 2.05) is 62.0 Å². The van der Waals surface area contributed by atoms with Gasteiger partial charge in [0.2, 0.25) is 5.91 Å². The Balaban J connectivity index is 2.15. The number of anilines is 1. The number of aromatic nitrogens is 2. The average Bonchev–Trinajstić information content (AvgIpc) is 2.92. The zero-order valence-corrected chi connectivity index (χ0v) is 12.7. The molecule has 0 spiro atoms. The molecule has 21 heavy (non-hydrogen) atoms. The third-order valence-electron chi connectivity index (χ3n) is 3.38. The summed E-state index contributed by atoms with van der Waals surface area (Å²) in [6.07, 6.45) is 3.62. The molecule has 5 nitrogen and oxygen atoms in total. The molecule has 1 atom stereocenters. The summed E-state index contributed by atoms with van der Waals surface area (Å²) in [7, 11) is 0. The van der Waals surface area contributed by atoms with E-state index in [1.54, 1.807) is 6.20 Å². The lowest BCUT2D eigenvalue weighted by molar-refractivity contribution is -0.119. The van der Waals surface area contributed by atoms with Gasteiger partial charge in [-0.05, 0) is 23.1 Å². The van der Waals surface area contributed by atoms with E-state index in [-0.39, 0.29) is 11.3 Å². The van der Waals surface area contributed by atoms with Crippen molar-refractivity contribution in [2.45, 2.75) is 33.4 Å². The highest BCUT2D eigenvalue weighted by Crippen LogP contribution is 2.21. The maximum atomic E-state index is 12.3. The Kier molecular flexibility index (Phi) is 4.43. The summed E-state index contributed by atoms with van der Waals surface area (Å²) in [4.78, 5) is 12.3. The predicted octanol–water partition coefficient (Wildman–Crippen LogP) is 2.24. The van der Waals surface area contributed by atoms with Crippen molar-refractivity contribution in [2.24, 2.45) is 11.1 Å². The highest BCUT2D eigenvalue weighted by atomic mass is 16.2. The number of carbonyl (C=O) groups excluding carboxylic acids is 1. The molecule has 0 aliphatic heterocycles. The summed E-state index contributed by atoms with van der Waals surface area (Å²) in [5.74, 6) is -0.171. The molecule has 0 aliphatic carbocycles. The number of hydrogen-bond donors (Lipinski definition) is 2. The van der Waals surface area contributed by atoms with E-state index in [0.29, 0.717) is 6.54 Å². The van der Waals surface area contributed by atoms with Crippen molar-refractivity contribution in [1.82, 2.24) is 9.78 Å². The van der Waals surface area contributed by atoms with Crippen LogP contribution in [0.25, 0.3) is 0 Å². The highest BCUT2D eigenvalue weighted by molar-refractivity contribution is 5.95. The van der Waals surface area contributed by atoms with Crippen molar-refractivity contribution in [2.75, 3.05) is 5.32 Å². The number of amides is 1. The molecule has 1 aromatic carbocycles. The van der Waals surface area contributed by atoms with Crippen LogP contribution in [0.2, 0.25) is 0 Å². The minimum atomic E-state index is -0.560. The van der Waals surface area contributed by atoms with Crippen molar-refractivity contribution in [1.29, 1.82) is 0 Å². The van der Waals surface area contributed by atoms with Gasteiger partial charge in [-0.15, -0.1) is 0 Å². The Hall–Kier alpha value is -2.14. The molecule has 5 heteroatoms. The van der Waals surface area contributed by atoms with Gasteiger partial charge in [0.1, 0.15) is 0 Å². The van der Waals surface area contributed by atoms with Crippen LogP contribution >= 0.6 is 0 Å². The smallest absolute Gasteiger partial charge is 0.241 e. The lowest BCUT2D eigenvalue weighted by Crippen LogP contribution is -2.45. The number of para-hydroxylation sites is 1. The quantitative estimate of drug-likeness (QED) is 0.905. The number of rotatable bonds is 4. The molecule has 1 amide bonds. The zero-order valence-electron chi connectivity index (χ0n) is 12.7. The van der Waals surface area contributed by atoms with E-state index >= 15 is 0 Å². The normalized spacial score (nSPS) is 13.0. The van der Waals surface area contributed by atoms with Crippen LogP contribution in [0.3, 0.4) is 0 Å². The van der Waals surface area contributed by atoms with Crippen LogP contribution in [0, 0.1) is 5.41 Å². The molecule has 0 bridgehead atoms. The molecule has 1 heterocycles. The first-order valence-corrected chi connectivity index (χ1v) is 7.00. The Morgan fingerprint density at radius 2 is 2.05 bits per heavy atom. The van der Waals surface area contributed by atoms with Gasteiger partial charge in [-0.2, -0.15) is 5.10 Å². The van der Waals surface area contributed by atoms with Gasteiger partial charge in [0.15, 0.2) is 0 Å². The van der Waals surface area contributed by atoms with Crippen molar-refractivity contribution in [3.63, 3.8) is 0 Å². The molecule has 0 saturated carbocycles. The molecule has 0 radical (unpaired) electrons. The topological polar surface area (TPSA) is 72.9 Å². The fourth-order valence-electron chi connectivity index (χ4n) is 1.95. The molecule has 2 aromatic rings. The summed E-state index contributed by atoms with van der Waals surface area (Å²) < 4.78 is 1.81. The van der Waals surface area contributed by atoms with Crippen LogP contribution in [0.5, 0.6) is 0 Å². The second-order valence-corrected chi connectivity index (χ2v) is 6.19. The van der Waals surface area contributed by atoms with Gasteiger partial charge < -0.3 is 11.1 Å². The first-order chi connectivity index (χ1) is 9.88. The van der Waals surface area contributed by atoms with Gasteiger partial charge in [0.25, 0.3) is 0 Å². The number of benzene rings is 1. The standard InChI is InChI=1S/C16H22N4O/c1-16(2,3)14(17)15(21)19-13-8-5-4-7-12(13)11-20-10-6-9-18-20/h4-10,14H,11,17H2,1-3H3,(H,19,21). The summed E-state index contributed by atoms with van der Waals surface area (Å²) in [5, 5.41) is 7.11. The van der Waals surface area contributed by atoms with Crippen molar-refractivity contribution < 1.29 is 4.79 Å². The molecule has 1 aromatic heterocycles. The minimum Gasteiger partial charge on any atom is -0.324 e. The Bertz CT molecular complexity index is 599. The molecule has 0 saturated heterocycles. The summed E-state index contributed by atoms with van der Waals surface area (Å²) in [5.41, 5.74) is 7.49. The molecule has 1 unspecified atom stereocenters. The monoisotopic (exact) mass is 286 g/mol. The first-order valence-electron chi connectivity index (χ1n) is 7.00. The van der Waals surface area contributed by atoms with Crippen LogP contribution in [0.4, 0.5) is 5.69 Å². The van der Waals surface area contributed by atoms with Gasteiger partial charge in [-0.25, -0.2) is 0 Å². The third kappa shape index (κ3) is 3.92. The van der Waals surface area contributed by atoms with Crippen molar-refractivity contribution in [3.05, 3.63) is 48.3 Å². The summed E-state index contributed by atoms with van der Waals surface area (Å²) in [6, 6.07) is 9.00. The largest absolute Gasteiger partial charge is 0.324 e. The van der Waals surface area contributed by atoms with Crippen LogP contribution in [-0.2, 0) is 11.3 Å². The van der Waals surface area contributed by atoms with Gasteiger partial charge in [-0.1, -0.05) is 39.0 Å². The fraction of sp³-hybridized carbons (Fsp3) is 0.375. The van der Waals surface area contributed by atoms with Gasteiger partial charge in [0.05, 0.1) is 12.6 Å². The number of nitrogens with zero attached hydrogens (tertiary/aromatic N) is 2. The molecule has 3 N–H and O–H groups in total. The van der Waals surface area contributed by atoms with Gasteiger partial charge in [0, 0.05) is 18.1 Å². The SMILES string of the molecule is CC(C)(C)C(N)C(=O)Nc1ccccc1Cn1cccn1. The summed E-state index contributed by atoms with van der Waals surface area (Å²) >= 11 is 0. The second kappa shape index (κ2) is 6.10. The Morgan fingerprint density at radius 3 is 2.67 bits per heavy atom. The van der Waals surface area contributed by atoms with E-state index < -0.39 is 6.04 Å². The molecule has 0 aliphatic rings. The predicted molar refractivity (Wildman–Crippen MR) is 83.8 cm³/mol. The fourth-order valence-corrected chi connectivity index (χ4v) is 1.95. The summed E-state index contributed by atoms with van der Waals surface area (Å²) in [6.45, 7) is 6.46. The molecule has 2 rings (SSSR count). The van der Waals surface area contributed by atoms with Gasteiger partial charge in [-0.3, -0.25) is 9.48 Å². The number of nitrogens with two attached hydrogens (primary N) is 1. The average molecular weight is 286 g/mol. The van der Waals surface area contributed by atoms with Crippen LogP contribution < -0.4 is 11.1 Å². The lowest BCUT2D eigenvalue weighted by atomic mass is 9.87. The lowest BCUT2D eigenvalue weighted by Gasteiger charge is -2.26. The number of hydrogen-bond acceptors (Lipinski definition) is 3. The van der Waals surface area contributed by atoms with Gasteiger partial charge >= 0.3 is 0 Å². The van der Waals surface area contributed by atoms with E-state index in [0.717, 1.165) is 11.3 Å². The Morgan fingerprint density at radius 1 is 1.33 bits per heavy atom. The maximum Gasteiger partial charge on any atom is 0.241 e. The minimum absolute atomic E-state index is 0.171. The molecular weight excluding hydrogens is 264 g/mol. The molecule has 112 valence electrons. The highest BCUT2D eigenvalue weighted by Gasteiger charge is 2.27. The van der Waals surface area contributed by atoms with Crippen LogP contribution in [0.1, 0.15) is 26.3 Å². The molecular formula is C16H22N4O. The maximum absolute atomic E-state index is 12.3. The van der Waals surface area contributed by atoms with Crippen LogP contribution in [-0.4, -0.2) is 21.7 Å². The zero-order chi connectivity index (χ0) is 15.5. The number of carbonyl (C=O) groups is 1. The van der Waals surface area contributed by atoms with E-state index in [1.165, 1.54) is 0 Å². The van der Waals surface area contributed by atoms with Crippen molar-refractivity contribution in [3.8, 4) is 0 Å². The number of nitrogens with one attached hydrogen (secondary N) is 1.